The van der Waals surface area contributed by atoms with Gasteiger partial charge in [-0.05, 0) is 6.92 Å². The molecule has 0 aromatic carbocycles. The molecule has 1 fully saturated rings. The Morgan fingerprint density at radius 2 is 2.24 bits per heavy atom. The molecule has 2 heterocycles. The monoisotopic (exact) mass is 297 g/mol. The molecule has 0 bridgehead atoms. The van der Waals surface area contributed by atoms with Crippen molar-refractivity contribution in [1.82, 2.24) is 9.97 Å². The number of aromatic nitrogens is 2. The lowest BCUT2D eigenvalue weighted by molar-refractivity contribution is -0.383. The fourth-order valence-corrected chi connectivity index (χ4v) is 2.17. The summed E-state index contributed by atoms with van der Waals surface area (Å²) in [7, 11) is 1.58. The molecule has 116 valence electrons. The Morgan fingerprint density at radius 3 is 2.86 bits per heavy atom. The van der Waals surface area contributed by atoms with Crippen LogP contribution in [0, 0.1) is 10.1 Å². The molecule has 1 aromatic rings. The Balaban J connectivity index is 2.30. The van der Waals surface area contributed by atoms with Crippen LogP contribution in [-0.2, 0) is 9.47 Å². The van der Waals surface area contributed by atoms with Gasteiger partial charge in [0.1, 0.15) is 6.33 Å². The third-order valence-corrected chi connectivity index (χ3v) is 3.10. The Hall–Kier alpha value is -2.00. The lowest BCUT2D eigenvalue weighted by Gasteiger charge is -2.27. The molecule has 21 heavy (non-hydrogen) atoms. The molecule has 0 saturated carbocycles. The number of anilines is 2. The van der Waals surface area contributed by atoms with Crippen molar-refractivity contribution < 1.29 is 14.4 Å². The highest BCUT2D eigenvalue weighted by molar-refractivity contribution is 5.70. The SMILES string of the molecule is COCC(C)Nc1ncnc(N2CCOCC2)c1[N+](=O)[O-]. The van der Waals surface area contributed by atoms with Crippen molar-refractivity contribution in [2.45, 2.75) is 13.0 Å². The van der Waals surface area contributed by atoms with E-state index in [1.165, 1.54) is 6.33 Å². The second kappa shape index (κ2) is 7.14. The summed E-state index contributed by atoms with van der Waals surface area (Å²) < 4.78 is 10.3. The van der Waals surface area contributed by atoms with Crippen molar-refractivity contribution in [2.24, 2.45) is 0 Å². The normalized spacial score (nSPS) is 16.6. The van der Waals surface area contributed by atoms with Crippen molar-refractivity contribution in [1.29, 1.82) is 0 Å². The van der Waals surface area contributed by atoms with Gasteiger partial charge in [0, 0.05) is 26.2 Å². The number of hydrogen-bond acceptors (Lipinski definition) is 8. The van der Waals surface area contributed by atoms with Gasteiger partial charge in [0.05, 0.1) is 24.7 Å². The smallest absolute Gasteiger partial charge is 0.353 e. The number of nitro groups is 1. The Labute approximate surface area is 122 Å². The van der Waals surface area contributed by atoms with Crippen LogP contribution in [0.2, 0.25) is 0 Å². The van der Waals surface area contributed by atoms with Crippen LogP contribution in [-0.4, -0.2) is 61.0 Å². The molecule has 1 aromatic heterocycles. The van der Waals surface area contributed by atoms with Gasteiger partial charge in [-0.1, -0.05) is 0 Å². The maximum Gasteiger partial charge on any atom is 0.353 e. The molecule has 0 aliphatic carbocycles. The van der Waals surface area contributed by atoms with E-state index in [2.05, 4.69) is 15.3 Å². The van der Waals surface area contributed by atoms with Crippen LogP contribution in [0.5, 0.6) is 0 Å². The van der Waals surface area contributed by atoms with Crippen LogP contribution in [0.1, 0.15) is 6.92 Å². The predicted molar refractivity (Wildman–Crippen MR) is 76.7 cm³/mol. The topological polar surface area (TPSA) is 103 Å². The Morgan fingerprint density at radius 1 is 1.52 bits per heavy atom. The molecule has 1 aliphatic heterocycles. The van der Waals surface area contributed by atoms with Gasteiger partial charge in [0.15, 0.2) is 0 Å². The zero-order valence-corrected chi connectivity index (χ0v) is 12.1. The van der Waals surface area contributed by atoms with Crippen molar-refractivity contribution in [3.05, 3.63) is 16.4 Å². The zero-order chi connectivity index (χ0) is 15.2. The highest BCUT2D eigenvalue weighted by atomic mass is 16.6. The van der Waals surface area contributed by atoms with Crippen LogP contribution in [0.25, 0.3) is 0 Å². The van der Waals surface area contributed by atoms with E-state index in [-0.39, 0.29) is 17.5 Å². The average Bonchev–Trinajstić information content (AvgIpc) is 2.48. The van der Waals surface area contributed by atoms with Crippen LogP contribution < -0.4 is 10.2 Å². The number of rotatable bonds is 6. The highest BCUT2D eigenvalue weighted by Crippen LogP contribution is 2.32. The molecule has 0 radical (unpaired) electrons. The summed E-state index contributed by atoms with van der Waals surface area (Å²) in [6, 6.07) is -0.0962. The second-order valence-electron chi connectivity index (χ2n) is 4.75. The summed E-state index contributed by atoms with van der Waals surface area (Å²) in [6.07, 6.45) is 1.33. The van der Waals surface area contributed by atoms with Gasteiger partial charge in [0.25, 0.3) is 0 Å². The number of methoxy groups -OCH3 is 1. The van der Waals surface area contributed by atoms with Gasteiger partial charge >= 0.3 is 5.69 Å². The van der Waals surface area contributed by atoms with Gasteiger partial charge in [-0.15, -0.1) is 0 Å². The lowest BCUT2D eigenvalue weighted by atomic mass is 10.3. The maximum atomic E-state index is 11.4. The van der Waals surface area contributed by atoms with Gasteiger partial charge in [-0.3, -0.25) is 10.1 Å². The van der Waals surface area contributed by atoms with E-state index in [0.29, 0.717) is 38.7 Å². The van der Waals surface area contributed by atoms with E-state index < -0.39 is 4.92 Å². The van der Waals surface area contributed by atoms with Crippen molar-refractivity contribution in [2.75, 3.05) is 50.2 Å². The van der Waals surface area contributed by atoms with Gasteiger partial charge in [-0.25, -0.2) is 9.97 Å². The second-order valence-corrected chi connectivity index (χ2v) is 4.75. The molecule has 1 saturated heterocycles. The number of nitrogens with zero attached hydrogens (tertiary/aromatic N) is 4. The highest BCUT2D eigenvalue weighted by Gasteiger charge is 2.28. The van der Waals surface area contributed by atoms with Crippen LogP contribution in [0.4, 0.5) is 17.3 Å². The van der Waals surface area contributed by atoms with Crippen molar-refractivity contribution >= 4 is 17.3 Å². The first-order chi connectivity index (χ1) is 10.1. The minimum absolute atomic E-state index is 0.0962. The van der Waals surface area contributed by atoms with E-state index in [0.717, 1.165) is 0 Å². The standard InChI is InChI=1S/C12H19N5O4/c1-9(7-20-2)15-11-10(17(18)19)12(14-8-13-11)16-3-5-21-6-4-16/h8-9H,3-7H2,1-2H3,(H,13,14,15). The number of hydrogen-bond donors (Lipinski definition) is 1. The van der Waals surface area contributed by atoms with Gasteiger partial charge < -0.3 is 19.7 Å². The molecular weight excluding hydrogens is 278 g/mol. The zero-order valence-electron chi connectivity index (χ0n) is 12.1. The molecule has 1 unspecified atom stereocenters. The first kappa shape index (κ1) is 15.4. The summed E-state index contributed by atoms with van der Waals surface area (Å²) >= 11 is 0. The molecule has 1 aliphatic rings. The first-order valence-electron chi connectivity index (χ1n) is 6.71. The number of nitrogens with one attached hydrogen (secondary N) is 1. The average molecular weight is 297 g/mol. The Bertz CT molecular complexity index is 493. The lowest BCUT2D eigenvalue weighted by Crippen LogP contribution is -2.37. The summed E-state index contributed by atoms with van der Waals surface area (Å²) in [5.74, 6) is 0.534. The summed E-state index contributed by atoms with van der Waals surface area (Å²) in [5.41, 5.74) is -0.109. The Kier molecular flexibility index (Phi) is 5.23. The first-order valence-corrected chi connectivity index (χ1v) is 6.71. The quantitative estimate of drug-likeness (QED) is 0.603. The molecule has 1 N–H and O–H groups in total. The minimum atomic E-state index is -0.452. The number of ether oxygens (including phenoxy) is 2. The summed E-state index contributed by atoms with van der Waals surface area (Å²) in [6.45, 7) is 4.50. The molecule has 0 amide bonds. The maximum absolute atomic E-state index is 11.4. The molecule has 2 rings (SSSR count). The molecule has 9 heteroatoms. The molecule has 9 nitrogen and oxygen atoms in total. The van der Waals surface area contributed by atoms with E-state index in [1.807, 2.05) is 11.8 Å². The van der Waals surface area contributed by atoms with Crippen LogP contribution >= 0.6 is 0 Å². The van der Waals surface area contributed by atoms with E-state index >= 15 is 0 Å². The fraction of sp³-hybridized carbons (Fsp3) is 0.667. The summed E-state index contributed by atoms with van der Waals surface area (Å²) in [4.78, 5) is 20.9. The summed E-state index contributed by atoms with van der Waals surface area (Å²) in [5, 5.41) is 14.4. The molecule has 1 atom stereocenters. The number of morpholine rings is 1. The van der Waals surface area contributed by atoms with Crippen LogP contribution in [0.3, 0.4) is 0 Å². The van der Waals surface area contributed by atoms with Crippen molar-refractivity contribution in [3.8, 4) is 0 Å². The van der Waals surface area contributed by atoms with E-state index in [4.69, 9.17) is 9.47 Å². The minimum Gasteiger partial charge on any atom is -0.383 e. The predicted octanol–water partition coefficient (Wildman–Crippen LogP) is 0.668. The van der Waals surface area contributed by atoms with E-state index in [9.17, 15) is 10.1 Å². The van der Waals surface area contributed by atoms with Crippen LogP contribution in [0.15, 0.2) is 6.33 Å². The third kappa shape index (κ3) is 3.76. The largest absolute Gasteiger partial charge is 0.383 e. The molecular formula is C12H19N5O4. The molecule has 0 spiro atoms. The van der Waals surface area contributed by atoms with Gasteiger partial charge in [0.2, 0.25) is 11.6 Å². The van der Waals surface area contributed by atoms with E-state index in [1.54, 1.807) is 7.11 Å². The third-order valence-electron chi connectivity index (χ3n) is 3.10. The van der Waals surface area contributed by atoms with Gasteiger partial charge in [-0.2, -0.15) is 0 Å². The fourth-order valence-electron chi connectivity index (χ4n) is 2.17. The van der Waals surface area contributed by atoms with Crippen molar-refractivity contribution in [3.63, 3.8) is 0 Å².